The first-order chi connectivity index (χ1) is 9.74. The van der Waals surface area contributed by atoms with Crippen LogP contribution >= 0.6 is 0 Å². The molecule has 0 bridgehead atoms. The van der Waals surface area contributed by atoms with Crippen LogP contribution < -0.4 is 11.1 Å². The first-order valence-electron chi connectivity index (χ1n) is 7.52. The molecular weight excluding hydrogens is 254 g/mol. The summed E-state index contributed by atoms with van der Waals surface area (Å²) in [5.74, 6) is -0.257. The van der Waals surface area contributed by atoms with E-state index in [1.54, 1.807) is 0 Å². The average molecular weight is 277 g/mol. The Morgan fingerprint density at radius 3 is 3.00 bits per heavy atom. The lowest BCUT2D eigenvalue weighted by molar-refractivity contribution is -0.124. The molecular formula is C14H23N5O. The molecule has 1 aromatic rings. The van der Waals surface area contributed by atoms with E-state index in [1.807, 2.05) is 0 Å². The van der Waals surface area contributed by atoms with Crippen LogP contribution in [0.25, 0.3) is 0 Å². The molecule has 2 heterocycles. The van der Waals surface area contributed by atoms with Crippen LogP contribution in [0.1, 0.15) is 37.4 Å². The summed E-state index contributed by atoms with van der Waals surface area (Å²) in [7, 11) is 0. The Balaban J connectivity index is 1.65. The van der Waals surface area contributed by atoms with Crippen molar-refractivity contribution in [3.8, 4) is 0 Å². The number of carbonyl (C=O) groups is 1. The molecule has 0 spiro atoms. The molecule has 3 N–H and O–H groups in total. The summed E-state index contributed by atoms with van der Waals surface area (Å²) in [5.41, 5.74) is 6.50. The van der Waals surface area contributed by atoms with Crippen molar-refractivity contribution in [3.63, 3.8) is 0 Å². The van der Waals surface area contributed by atoms with Crippen LogP contribution in [0.3, 0.4) is 0 Å². The minimum Gasteiger partial charge on any atom is -0.368 e. The predicted molar refractivity (Wildman–Crippen MR) is 76.0 cm³/mol. The summed E-state index contributed by atoms with van der Waals surface area (Å²) in [4.78, 5) is 13.6. The van der Waals surface area contributed by atoms with Gasteiger partial charge in [-0.3, -0.25) is 14.4 Å². The van der Waals surface area contributed by atoms with Gasteiger partial charge >= 0.3 is 0 Å². The van der Waals surface area contributed by atoms with E-state index in [0.717, 1.165) is 18.8 Å². The Kier molecular flexibility index (Phi) is 4.03. The van der Waals surface area contributed by atoms with E-state index in [1.165, 1.54) is 25.7 Å². The van der Waals surface area contributed by atoms with Crippen molar-refractivity contribution < 1.29 is 4.79 Å². The summed E-state index contributed by atoms with van der Waals surface area (Å²) in [6, 6.07) is 2.41. The van der Waals surface area contributed by atoms with Gasteiger partial charge in [0.1, 0.15) is 6.04 Å². The monoisotopic (exact) mass is 277 g/mol. The van der Waals surface area contributed by atoms with Crippen molar-refractivity contribution in [1.29, 1.82) is 0 Å². The van der Waals surface area contributed by atoms with Gasteiger partial charge in [-0.25, -0.2) is 0 Å². The quantitative estimate of drug-likeness (QED) is 0.827. The minimum absolute atomic E-state index is 0.222. The van der Waals surface area contributed by atoms with E-state index >= 15 is 0 Å². The van der Waals surface area contributed by atoms with E-state index in [9.17, 15) is 4.79 Å². The average Bonchev–Trinajstić information content (AvgIpc) is 3.09. The highest BCUT2D eigenvalue weighted by Gasteiger charge is 2.27. The molecule has 1 amide bonds. The molecule has 1 saturated carbocycles. The number of piperazine rings is 1. The highest BCUT2D eigenvalue weighted by atomic mass is 16.1. The van der Waals surface area contributed by atoms with Crippen LogP contribution in [-0.4, -0.2) is 46.3 Å². The topological polar surface area (TPSA) is 76.2 Å². The van der Waals surface area contributed by atoms with Gasteiger partial charge < -0.3 is 11.1 Å². The molecule has 110 valence electrons. The number of aromatic nitrogens is 2. The summed E-state index contributed by atoms with van der Waals surface area (Å²) in [6.07, 6.45) is 7.16. The Bertz CT molecular complexity index is 466. The number of hydrogen-bond acceptors (Lipinski definition) is 4. The Morgan fingerprint density at radius 1 is 1.45 bits per heavy atom. The lowest BCUT2D eigenvalue weighted by Gasteiger charge is -2.33. The number of carbonyl (C=O) groups excluding carboxylic acids is 1. The zero-order valence-corrected chi connectivity index (χ0v) is 11.8. The van der Waals surface area contributed by atoms with Crippen molar-refractivity contribution in [1.82, 2.24) is 20.0 Å². The molecule has 3 rings (SSSR count). The van der Waals surface area contributed by atoms with Crippen LogP contribution in [0.2, 0.25) is 0 Å². The third kappa shape index (κ3) is 2.86. The molecule has 1 aliphatic carbocycles. The fourth-order valence-electron chi connectivity index (χ4n) is 3.26. The van der Waals surface area contributed by atoms with Crippen LogP contribution in [-0.2, 0) is 11.3 Å². The van der Waals surface area contributed by atoms with Gasteiger partial charge in [0.15, 0.2) is 0 Å². The Morgan fingerprint density at radius 2 is 2.25 bits per heavy atom. The molecule has 1 aliphatic heterocycles. The molecule has 20 heavy (non-hydrogen) atoms. The van der Waals surface area contributed by atoms with Crippen molar-refractivity contribution in [2.75, 3.05) is 19.6 Å². The van der Waals surface area contributed by atoms with Crippen LogP contribution in [0.5, 0.6) is 0 Å². The van der Waals surface area contributed by atoms with Gasteiger partial charge in [0.05, 0.1) is 11.7 Å². The molecule has 0 radical (unpaired) electrons. The van der Waals surface area contributed by atoms with E-state index in [0.29, 0.717) is 19.1 Å². The lowest BCUT2D eigenvalue weighted by atomic mass is 10.1. The van der Waals surface area contributed by atoms with Gasteiger partial charge in [-0.05, 0) is 18.9 Å². The standard InChI is InChI=1S/C14H23N5O/c15-14(20)13-9-16-6-8-18(13)10-11-5-7-19(17-11)12-3-1-2-4-12/h5,7,12-13,16H,1-4,6,8-10H2,(H2,15,20). The predicted octanol–water partition coefficient (Wildman–Crippen LogP) is 0.257. The number of primary amides is 1. The number of nitrogens with zero attached hydrogens (tertiary/aromatic N) is 3. The number of hydrogen-bond donors (Lipinski definition) is 2. The molecule has 2 aliphatic rings. The molecule has 1 saturated heterocycles. The molecule has 0 aromatic carbocycles. The number of nitrogens with one attached hydrogen (secondary N) is 1. The zero-order valence-electron chi connectivity index (χ0n) is 11.8. The molecule has 1 aromatic heterocycles. The van der Waals surface area contributed by atoms with E-state index in [2.05, 4.69) is 32.3 Å². The van der Waals surface area contributed by atoms with Gasteiger partial charge in [-0.1, -0.05) is 12.8 Å². The number of nitrogens with two attached hydrogens (primary N) is 1. The normalized spacial score (nSPS) is 25.1. The summed E-state index contributed by atoms with van der Waals surface area (Å²) < 4.78 is 2.10. The Hall–Kier alpha value is -1.40. The maximum absolute atomic E-state index is 11.5. The molecule has 1 atom stereocenters. The van der Waals surface area contributed by atoms with Crippen molar-refractivity contribution in [2.24, 2.45) is 5.73 Å². The summed E-state index contributed by atoms with van der Waals surface area (Å²) >= 11 is 0. The molecule has 6 nitrogen and oxygen atoms in total. The summed E-state index contributed by atoms with van der Waals surface area (Å²) in [5, 5.41) is 7.90. The number of rotatable bonds is 4. The lowest BCUT2D eigenvalue weighted by Crippen LogP contribution is -2.56. The van der Waals surface area contributed by atoms with E-state index in [-0.39, 0.29) is 11.9 Å². The first kappa shape index (κ1) is 13.6. The maximum atomic E-state index is 11.5. The second-order valence-corrected chi connectivity index (χ2v) is 5.82. The molecule has 2 fully saturated rings. The Labute approximate surface area is 119 Å². The maximum Gasteiger partial charge on any atom is 0.236 e. The van der Waals surface area contributed by atoms with Crippen molar-refractivity contribution in [3.05, 3.63) is 18.0 Å². The van der Waals surface area contributed by atoms with Crippen LogP contribution in [0, 0.1) is 0 Å². The highest BCUT2D eigenvalue weighted by Crippen LogP contribution is 2.28. The van der Waals surface area contributed by atoms with Crippen LogP contribution in [0.4, 0.5) is 0 Å². The summed E-state index contributed by atoms with van der Waals surface area (Å²) in [6.45, 7) is 3.07. The number of amides is 1. The first-order valence-corrected chi connectivity index (χ1v) is 7.52. The van der Waals surface area contributed by atoms with Gasteiger partial charge in [0.2, 0.25) is 5.91 Å². The van der Waals surface area contributed by atoms with E-state index < -0.39 is 0 Å². The smallest absolute Gasteiger partial charge is 0.236 e. The third-order valence-corrected chi connectivity index (χ3v) is 4.41. The SMILES string of the molecule is NC(=O)C1CNCCN1Cc1ccn(C2CCCC2)n1. The minimum atomic E-state index is -0.257. The third-order valence-electron chi connectivity index (χ3n) is 4.41. The fourth-order valence-corrected chi connectivity index (χ4v) is 3.26. The van der Waals surface area contributed by atoms with Crippen molar-refractivity contribution >= 4 is 5.91 Å². The van der Waals surface area contributed by atoms with Gasteiger partial charge in [-0.2, -0.15) is 5.10 Å². The van der Waals surface area contributed by atoms with Gasteiger partial charge in [0.25, 0.3) is 0 Å². The van der Waals surface area contributed by atoms with Crippen LogP contribution in [0.15, 0.2) is 12.3 Å². The zero-order chi connectivity index (χ0) is 13.9. The van der Waals surface area contributed by atoms with Crippen molar-refractivity contribution in [2.45, 2.75) is 44.3 Å². The molecule has 6 heteroatoms. The fraction of sp³-hybridized carbons (Fsp3) is 0.714. The largest absolute Gasteiger partial charge is 0.368 e. The molecule has 1 unspecified atom stereocenters. The van der Waals surface area contributed by atoms with E-state index in [4.69, 9.17) is 5.73 Å². The van der Waals surface area contributed by atoms with Gasteiger partial charge in [-0.15, -0.1) is 0 Å². The second-order valence-electron chi connectivity index (χ2n) is 5.82. The second kappa shape index (κ2) is 5.93. The highest BCUT2D eigenvalue weighted by molar-refractivity contribution is 5.80. The van der Waals surface area contributed by atoms with Gasteiger partial charge in [0, 0.05) is 32.4 Å².